The van der Waals surface area contributed by atoms with E-state index in [-0.39, 0.29) is 17.8 Å². The van der Waals surface area contributed by atoms with Gasteiger partial charge in [0.05, 0.1) is 16.9 Å². The molecule has 0 unspecified atom stereocenters. The number of ether oxygens (including phenoxy) is 1. The van der Waals surface area contributed by atoms with E-state index in [4.69, 9.17) is 4.74 Å². The number of amides is 1. The zero-order chi connectivity index (χ0) is 15.1. The van der Waals surface area contributed by atoms with Crippen molar-refractivity contribution in [2.45, 2.75) is 25.9 Å². The van der Waals surface area contributed by atoms with Gasteiger partial charge in [0, 0.05) is 19.7 Å². The van der Waals surface area contributed by atoms with E-state index < -0.39 is 28.9 Å². The number of hydrogen-bond donors (Lipinski definition) is 0. The van der Waals surface area contributed by atoms with Crippen LogP contribution in [0.3, 0.4) is 0 Å². The van der Waals surface area contributed by atoms with E-state index >= 15 is 0 Å². The van der Waals surface area contributed by atoms with E-state index in [1.165, 1.54) is 4.90 Å². The van der Waals surface area contributed by atoms with Crippen molar-refractivity contribution in [2.24, 2.45) is 0 Å². The maximum atomic E-state index is 13.3. The monoisotopic (exact) mass is 283 g/mol. The predicted octanol–water partition coefficient (Wildman–Crippen LogP) is 2.31. The minimum absolute atomic E-state index is 0.0934. The van der Waals surface area contributed by atoms with E-state index in [1.807, 2.05) is 13.8 Å². The summed E-state index contributed by atoms with van der Waals surface area (Å²) in [6.07, 6.45) is 0.459. The van der Waals surface area contributed by atoms with Gasteiger partial charge in [0.15, 0.2) is 11.6 Å². The highest BCUT2D eigenvalue weighted by molar-refractivity contribution is 6.52. The summed E-state index contributed by atoms with van der Waals surface area (Å²) in [6.45, 7) is 3.87. The fourth-order valence-electron chi connectivity index (χ4n) is 1.99. The Morgan fingerprint density at radius 3 is 2.40 bits per heavy atom. The van der Waals surface area contributed by atoms with Gasteiger partial charge in [-0.25, -0.2) is 8.78 Å². The van der Waals surface area contributed by atoms with Crippen molar-refractivity contribution in [1.82, 2.24) is 0 Å². The Morgan fingerprint density at radius 1 is 1.20 bits per heavy atom. The van der Waals surface area contributed by atoms with Crippen molar-refractivity contribution >= 4 is 17.4 Å². The summed E-state index contributed by atoms with van der Waals surface area (Å²) >= 11 is 0. The van der Waals surface area contributed by atoms with E-state index in [2.05, 4.69) is 0 Å². The maximum absolute atomic E-state index is 13.3. The minimum Gasteiger partial charge on any atom is -0.379 e. The van der Waals surface area contributed by atoms with Crippen LogP contribution < -0.4 is 4.90 Å². The van der Waals surface area contributed by atoms with Crippen LogP contribution in [0.15, 0.2) is 12.1 Å². The third-order valence-electron chi connectivity index (χ3n) is 3.50. The van der Waals surface area contributed by atoms with Crippen molar-refractivity contribution in [3.05, 3.63) is 29.3 Å². The molecule has 0 saturated heterocycles. The van der Waals surface area contributed by atoms with Gasteiger partial charge in [-0.15, -0.1) is 0 Å². The first-order valence-electron chi connectivity index (χ1n) is 6.17. The molecule has 2 rings (SSSR count). The van der Waals surface area contributed by atoms with Crippen LogP contribution in [0.5, 0.6) is 0 Å². The number of halogens is 2. The molecule has 0 spiro atoms. The van der Waals surface area contributed by atoms with Gasteiger partial charge in [-0.05, 0) is 26.3 Å². The average molecular weight is 283 g/mol. The summed E-state index contributed by atoms with van der Waals surface area (Å²) < 4.78 is 31.7. The number of fused-ring (bicyclic) bond motifs is 1. The summed E-state index contributed by atoms with van der Waals surface area (Å²) in [5.74, 6) is -3.79. The average Bonchev–Trinajstić information content (AvgIpc) is 2.61. The van der Waals surface area contributed by atoms with Crippen molar-refractivity contribution in [3.63, 3.8) is 0 Å². The first-order chi connectivity index (χ1) is 9.26. The van der Waals surface area contributed by atoms with Crippen molar-refractivity contribution in [3.8, 4) is 0 Å². The third-order valence-corrected chi connectivity index (χ3v) is 3.50. The number of carbonyl (C=O) groups is 2. The lowest BCUT2D eigenvalue weighted by molar-refractivity contribution is -0.114. The molecular formula is C14H15F2NO3. The van der Waals surface area contributed by atoms with Gasteiger partial charge in [-0.2, -0.15) is 0 Å². The number of hydrogen-bond acceptors (Lipinski definition) is 3. The molecule has 1 aliphatic heterocycles. The zero-order valence-electron chi connectivity index (χ0n) is 11.5. The molecule has 20 heavy (non-hydrogen) atoms. The Bertz CT molecular complexity index is 584. The molecule has 0 atom stereocenters. The second kappa shape index (κ2) is 4.94. The SMILES string of the molecule is COC(C)(C)CCN1C(=O)C(=O)c2cc(F)c(F)cc21. The number of benzene rings is 1. The zero-order valence-corrected chi connectivity index (χ0v) is 11.5. The highest BCUT2D eigenvalue weighted by Gasteiger charge is 2.37. The van der Waals surface area contributed by atoms with Gasteiger partial charge in [0.2, 0.25) is 0 Å². The second-order valence-corrected chi connectivity index (χ2v) is 5.28. The molecule has 0 radical (unpaired) electrons. The predicted molar refractivity (Wildman–Crippen MR) is 68.7 cm³/mol. The number of ketones is 1. The lowest BCUT2D eigenvalue weighted by Crippen LogP contribution is -2.35. The molecule has 0 aliphatic carbocycles. The molecule has 0 aromatic heterocycles. The molecule has 0 bridgehead atoms. The third kappa shape index (κ3) is 2.43. The maximum Gasteiger partial charge on any atom is 0.299 e. The van der Waals surface area contributed by atoms with Gasteiger partial charge in [0.25, 0.3) is 11.7 Å². The number of rotatable bonds is 4. The van der Waals surface area contributed by atoms with E-state index in [1.54, 1.807) is 7.11 Å². The summed E-state index contributed by atoms with van der Waals surface area (Å²) in [5.41, 5.74) is -0.458. The van der Waals surface area contributed by atoms with Crippen LogP contribution in [0, 0.1) is 11.6 Å². The summed E-state index contributed by atoms with van der Waals surface area (Å²) in [5, 5.41) is 0. The van der Waals surface area contributed by atoms with Crippen LogP contribution in [0.4, 0.5) is 14.5 Å². The first kappa shape index (κ1) is 14.6. The minimum atomic E-state index is -1.14. The Balaban J connectivity index is 2.31. The number of nitrogens with zero attached hydrogens (tertiary/aromatic N) is 1. The molecule has 1 aromatic rings. The Hall–Kier alpha value is -1.82. The van der Waals surface area contributed by atoms with Crippen molar-refractivity contribution < 1.29 is 23.1 Å². The van der Waals surface area contributed by atoms with Gasteiger partial charge < -0.3 is 9.64 Å². The summed E-state index contributed by atoms with van der Waals surface area (Å²) in [4.78, 5) is 24.8. The molecule has 1 aliphatic rings. The largest absolute Gasteiger partial charge is 0.379 e. The number of methoxy groups -OCH3 is 1. The fraction of sp³-hybridized carbons (Fsp3) is 0.429. The highest BCUT2D eigenvalue weighted by atomic mass is 19.2. The second-order valence-electron chi connectivity index (χ2n) is 5.28. The lowest BCUT2D eigenvalue weighted by atomic mass is 10.0. The molecule has 1 aromatic carbocycles. The Kier molecular flexibility index (Phi) is 3.60. The molecule has 0 saturated carbocycles. The normalized spacial score (nSPS) is 14.9. The highest BCUT2D eigenvalue weighted by Crippen LogP contribution is 2.31. The smallest absolute Gasteiger partial charge is 0.299 e. The standard InChI is InChI=1S/C14H15F2NO3/c1-14(2,20-3)4-5-17-11-7-10(16)9(15)6-8(11)12(18)13(17)19/h6-7H,4-5H2,1-3H3. The van der Waals surface area contributed by atoms with Crippen LogP contribution in [-0.4, -0.2) is 30.9 Å². The first-order valence-corrected chi connectivity index (χ1v) is 6.17. The van der Waals surface area contributed by atoms with Gasteiger partial charge in [0.1, 0.15) is 0 Å². The fourth-order valence-corrected chi connectivity index (χ4v) is 1.99. The van der Waals surface area contributed by atoms with Gasteiger partial charge in [-0.3, -0.25) is 9.59 Å². The quantitative estimate of drug-likeness (QED) is 0.797. The van der Waals surface area contributed by atoms with Crippen LogP contribution in [0.1, 0.15) is 30.6 Å². The van der Waals surface area contributed by atoms with Gasteiger partial charge >= 0.3 is 0 Å². The van der Waals surface area contributed by atoms with E-state index in [0.717, 1.165) is 12.1 Å². The van der Waals surface area contributed by atoms with Crippen molar-refractivity contribution in [1.29, 1.82) is 0 Å². The van der Waals surface area contributed by atoms with Crippen LogP contribution in [0.2, 0.25) is 0 Å². The molecule has 6 heteroatoms. The van der Waals surface area contributed by atoms with Crippen LogP contribution in [0.25, 0.3) is 0 Å². The molecule has 1 amide bonds. The van der Waals surface area contributed by atoms with E-state index in [0.29, 0.717) is 6.42 Å². The number of carbonyl (C=O) groups excluding carboxylic acids is 2. The molecule has 0 N–H and O–H groups in total. The Labute approximate surface area is 115 Å². The van der Waals surface area contributed by atoms with Crippen molar-refractivity contribution in [2.75, 3.05) is 18.6 Å². The topological polar surface area (TPSA) is 46.6 Å². The summed E-state index contributed by atoms with van der Waals surface area (Å²) in [7, 11) is 1.54. The Morgan fingerprint density at radius 2 is 1.80 bits per heavy atom. The molecule has 1 heterocycles. The molecular weight excluding hydrogens is 268 g/mol. The molecule has 108 valence electrons. The molecule has 4 nitrogen and oxygen atoms in total. The van der Waals surface area contributed by atoms with E-state index in [9.17, 15) is 18.4 Å². The number of anilines is 1. The summed E-state index contributed by atoms with van der Waals surface area (Å²) in [6, 6.07) is 1.65. The lowest BCUT2D eigenvalue weighted by Gasteiger charge is -2.26. The molecule has 0 fully saturated rings. The van der Waals surface area contributed by atoms with Crippen LogP contribution in [-0.2, 0) is 9.53 Å². The van der Waals surface area contributed by atoms with Crippen LogP contribution >= 0.6 is 0 Å². The number of Topliss-reactive ketones (excluding diaryl/α,β-unsaturated/α-hetero) is 1. The van der Waals surface area contributed by atoms with Gasteiger partial charge in [-0.1, -0.05) is 0 Å².